The number of halogens is 1. The Balaban J connectivity index is 0.780. The minimum Gasteiger partial charge on any atom is -0.489 e. The molecule has 4 fully saturated rings. The van der Waals surface area contributed by atoms with E-state index in [4.69, 9.17) is 9.47 Å². The summed E-state index contributed by atoms with van der Waals surface area (Å²) in [6.45, 7) is 13.8. The molecule has 14 nitrogen and oxygen atoms in total. The van der Waals surface area contributed by atoms with Gasteiger partial charge in [-0.2, -0.15) is 0 Å². The van der Waals surface area contributed by atoms with Crippen LogP contribution in [0.15, 0.2) is 103 Å². The lowest BCUT2D eigenvalue weighted by Crippen LogP contribution is -2.65. The number of H-pyrrole nitrogens is 1. The van der Waals surface area contributed by atoms with E-state index in [0.717, 1.165) is 83.6 Å². The number of hydrogen-bond acceptors (Lipinski definition) is 11. The summed E-state index contributed by atoms with van der Waals surface area (Å²) >= 11 is 0. The fourth-order valence-corrected chi connectivity index (χ4v) is 12.6. The molecule has 73 heavy (non-hydrogen) atoms. The van der Waals surface area contributed by atoms with E-state index in [1.807, 2.05) is 19.1 Å². The van der Waals surface area contributed by atoms with Crippen LogP contribution in [0.25, 0.3) is 11.0 Å². The van der Waals surface area contributed by atoms with E-state index in [0.29, 0.717) is 60.0 Å². The van der Waals surface area contributed by atoms with Crippen molar-refractivity contribution in [3.05, 3.63) is 147 Å². The Bertz CT molecular complexity index is 2970. The maximum Gasteiger partial charge on any atom is 0.296 e. The summed E-state index contributed by atoms with van der Waals surface area (Å²) < 4.78 is 27.3. The molecule has 4 N–H and O–H groups in total. The number of nitro benzene ring substituents is 1. The fraction of sp³-hybridized carbons (Fsp3) is 0.448. The molecule has 0 radical (unpaired) electrons. The third-order valence-corrected chi connectivity index (χ3v) is 16.8. The number of carbonyl (C=O) groups is 1. The van der Waals surface area contributed by atoms with Gasteiger partial charge in [-0.25, -0.2) is 9.37 Å². The quantitative estimate of drug-likeness (QED) is 0.0644. The van der Waals surface area contributed by atoms with E-state index >= 15 is 0 Å². The average molecular weight is 991 g/mol. The molecule has 11 rings (SSSR count). The normalized spacial score (nSPS) is 24.1. The summed E-state index contributed by atoms with van der Waals surface area (Å²) in [5, 5.41) is 29.6. The van der Waals surface area contributed by atoms with Crippen LogP contribution >= 0.6 is 0 Å². The second kappa shape index (κ2) is 20.0. The van der Waals surface area contributed by atoms with Gasteiger partial charge in [-0.05, 0) is 116 Å². The molecule has 0 unspecified atom stereocenters. The van der Waals surface area contributed by atoms with Gasteiger partial charge in [-0.3, -0.25) is 24.7 Å². The van der Waals surface area contributed by atoms with E-state index in [1.165, 1.54) is 35.2 Å². The van der Waals surface area contributed by atoms with Crippen LogP contribution < -0.4 is 25.0 Å². The average Bonchev–Trinajstić information content (AvgIpc) is 3.76. The first-order valence-corrected chi connectivity index (χ1v) is 26.3. The Morgan fingerprint density at radius 3 is 2.51 bits per heavy atom. The Labute approximate surface area is 426 Å². The van der Waals surface area contributed by atoms with Crippen LogP contribution in [-0.4, -0.2) is 99.3 Å². The molecule has 15 heteroatoms. The zero-order chi connectivity index (χ0) is 50.4. The number of carbonyl (C=O) groups excluding carboxylic acids is 1. The van der Waals surface area contributed by atoms with Crippen molar-refractivity contribution in [3.63, 3.8) is 0 Å². The van der Waals surface area contributed by atoms with Gasteiger partial charge >= 0.3 is 0 Å². The first kappa shape index (κ1) is 48.7. The van der Waals surface area contributed by atoms with Crippen LogP contribution in [0.4, 0.5) is 21.5 Å². The molecule has 3 saturated heterocycles. The summed E-state index contributed by atoms with van der Waals surface area (Å²) in [6, 6.07) is 30.7. The number of ether oxygens (including phenoxy) is 2. The highest BCUT2D eigenvalue weighted by Crippen LogP contribution is 2.48. The molecule has 1 saturated carbocycles. The number of aromatic amines is 1. The van der Waals surface area contributed by atoms with Gasteiger partial charge in [0.2, 0.25) is 0 Å². The number of fused-ring (bicyclic) bond motifs is 2. The number of amides is 1. The molecule has 4 aromatic carbocycles. The van der Waals surface area contributed by atoms with E-state index in [-0.39, 0.29) is 52.1 Å². The van der Waals surface area contributed by atoms with Crippen LogP contribution in [0.3, 0.4) is 0 Å². The van der Waals surface area contributed by atoms with Crippen molar-refractivity contribution in [1.82, 2.24) is 25.1 Å². The summed E-state index contributed by atoms with van der Waals surface area (Å²) in [5.41, 5.74) is 6.13. The molecular formula is C58H67FN8O6. The minimum atomic E-state index is -0.692. The molecule has 5 aliphatic rings. The van der Waals surface area contributed by atoms with Gasteiger partial charge in [0.25, 0.3) is 11.6 Å². The Hall–Kier alpha value is -6.55. The second-order valence-electron chi connectivity index (χ2n) is 22.2. The van der Waals surface area contributed by atoms with Crippen LogP contribution in [0.5, 0.6) is 17.2 Å². The van der Waals surface area contributed by atoms with Gasteiger partial charge in [-0.15, -0.1) is 0 Å². The monoisotopic (exact) mass is 991 g/mol. The molecule has 1 spiro atoms. The van der Waals surface area contributed by atoms with Crippen molar-refractivity contribution < 1.29 is 28.7 Å². The number of nitrogens with zero attached hydrogens (tertiary/aromatic N) is 5. The lowest BCUT2D eigenvalue weighted by atomic mass is 9.69. The maximum absolute atomic E-state index is 14.7. The predicted octanol–water partition coefficient (Wildman–Crippen LogP) is 10.5. The topological polar surface area (TPSA) is 161 Å². The van der Waals surface area contributed by atoms with Crippen LogP contribution in [0.1, 0.15) is 110 Å². The van der Waals surface area contributed by atoms with Gasteiger partial charge in [0.05, 0.1) is 33.7 Å². The molecule has 1 aliphatic carbocycles. The van der Waals surface area contributed by atoms with Crippen molar-refractivity contribution in [1.29, 1.82) is 0 Å². The fourth-order valence-electron chi connectivity index (χ4n) is 12.6. The Morgan fingerprint density at radius 1 is 0.973 bits per heavy atom. The van der Waals surface area contributed by atoms with E-state index in [1.54, 1.807) is 18.2 Å². The largest absolute Gasteiger partial charge is 0.489 e. The highest BCUT2D eigenvalue weighted by molar-refractivity contribution is 5.97. The second-order valence-corrected chi connectivity index (χ2v) is 22.2. The Kier molecular flexibility index (Phi) is 13.4. The number of nitrogens with one attached hydrogen (secondary N) is 3. The summed E-state index contributed by atoms with van der Waals surface area (Å²) in [4.78, 5) is 41.2. The molecule has 2 aromatic heterocycles. The van der Waals surface area contributed by atoms with E-state index in [9.17, 15) is 24.4 Å². The molecule has 0 bridgehead atoms. The van der Waals surface area contributed by atoms with Crippen molar-refractivity contribution in [2.75, 3.05) is 56.1 Å². The SMILES string of the molecule is CC(C)c1ccccc1[C@H]1CN(Cc2ccccc2)CC[C@H]1N1CC2(CCN(c3ccc(C(=O)NCc4cc5c(c([N+](=O)[O-])c4)N[C@@H](C4CCC(C)(O)CC4)CO5)c(Oc4cnc5[nH]cc(F)c5c4)c3)CC2)C1. The molecule has 4 aliphatic heterocycles. The van der Waals surface area contributed by atoms with Gasteiger partial charge in [0, 0.05) is 88.3 Å². The van der Waals surface area contributed by atoms with Gasteiger partial charge < -0.3 is 35.1 Å². The summed E-state index contributed by atoms with van der Waals surface area (Å²) in [7, 11) is 0. The van der Waals surface area contributed by atoms with Crippen LogP contribution in [0.2, 0.25) is 0 Å². The number of hydrogen-bond donors (Lipinski definition) is 4. The zero-order valence-electron chi connectivity index (χ0n) is 42.1. The van der Waals surface area contributed by atoms with Crippen molar-refractivity contribution >= 4 is 34.0 Å². The zero-order valence-corrected chi connectivity index (χ0v) is 42.1. The lowest BCUT2D eigenvalue weighted by molar-refractivity contribution is -0.384. The molecule has 3 atom stereocenters. The number of rotatable bonds is 13. The van der Waals surface area contributed by atoms with E-state index < -0.39 is 22.2 Å². The number of aromatic nitrogens is 2. The number of anilines is 2. The van der Waals surface area contributed by atoms with Crippen molar-refractivity contribution in [2.24, 2.45) is 11.3 Å². The van der Waals surface area contributed by atoms with Gasteiger partial charge in [-0.1, -0.05) is 68.4 Å². The lowest BCUT2D eigenvalue weighted by Gasteiger charge is -2.59. The van der Waals surface area contributed by atoms with E-state index in [2.05, 4.69) is 104 Å². The van der Waals surface area contributed by atoms with Gasteiger partial charge in [0.15, 0.2) is 5.69 Å². The molecule has 1 amide bonds. The number of pyridine rings is 1. The number of nitro groups is 1. The Morgan fingerprint density at radius 2 is 1.74 bits per heavy atom. The minimum absolute atomic E-state index is 0.0102. The third-order valence-electron chi connectivity index (χ3n) is 16.8. The molecule has 382 valence electrons. The maximum atomic E-state index is 14.7. The highest BCUT2D eigenvalue weighted by Gasteiger charge is 2.50. The standard InChI is InChI=1S/C58H67FN8O6/c1-37(2)43-11-7-8-12-44(43)47-33-64(32-38-9-5-4-6-10-38)22-17-50(47)66-35-58(36-66)20-23-65(24-21-58)41-13-14-45(52(27-41)73-42-28-46-48(59)31-61-55(46)60-30-42)56(68)62-29-39-25-51(67(70)71)54-53(26-39)72-34-49(63-54)40-15-18-57(3,69)19-16-40/h4-14,25-28,30-31,37,40,47,49-50,63,69H,15-24,29,32-36H2,1-3H3,(H,60,61)(H,62,68)/t40?,47-,49-,50-,57?/m1/s1. The smallest absolute Gasteiger partial charge is 0.296 e. The van der Waals surface area contributed by atoms with Crippen LogP contribution in [0, 0.1) is 27.3 Å². The third kappa shape index (κ3) is 10.2. The predicted molar refractivity (Wildman–Crippen MR) is 281 cm³/mol. The van der Waals surface area contributed by atoms with Crippen molar-refractivity contribution in [3.8, 4) is 17.2 Å². The number of piperidine rings is 2. The highest BCUT2D eigenvalue weighted by atomic mass is 19.1. The summed E-state index contributed by atoms with van der Waals surface area (Å²) in [5.74, 6) is 1.11. The number of likely N-dealkylation sites (tertiary alicyclic amines) is 2. The number of benzene rings is 4. The first-order chi connectivity index (χ1) is 35.3. The van der Waals surface area contributed by atoms with Crippen molar-refractivity contribution in [2.45, 2.75) is 108 Å². The first-order valence-electron chi connectivity index (χ1n) is 26.3. The summed E-state index contributed by atoms with van der Waals surface area (Å²) in [6.07, 6.45) is 8.91. The number of aliphatic hydroxyl groups is 1. The molecule has 6 aromatic rings. The molecule has 6 heterocycles. The van der Waals surface area contributed by atoms with Crippen LogP contribution in [-0.2, 0) is 13.1 Å². The molecular weight excluding hydrogens is 924 g/mol. The van der Waals surface area contributed by atoms with Gasteiger partial charge in [0.1, 0.15) is 35.3 Å².